The van der Waals surface area contributed by atoms with Crippen LogP contribution in [0, 0.1) is 6.92 Å². The summed E-state index contributed by atoms with van der Waals surface area (Å²) in [5.41, 5.74) is 3.95. The summed E-state index contributed by atoms with van der Waals surface area (Å²) >= 11 is 5.96. The summed E-state index contributed by atoms with van der Waals surface area (Å²) in [7, 11) is 0. The number of carbonyl (C=O) groups is 2. The number of aromatic amines is 1. The van der Waals surface area contributed by atoms with Gasteiger partial charge in [0.1, 0.15) is 0 Å². The number of Topliss-reactive ketones (excluding diaryl/α,β-unsaturated/α-hetero) is 2. The summed E-state index contributed by atoms with van der Waals surface area (Å²) in [6.07, 6.45) is 0.0321. The number of benzene rings is 3. The first-order valence-corrected chi connectivity index (χ1v) is 9.73. The maximum atomic E-state index is 13.3. The highest BCUT2D eigenvalue weighted by molar-refractivity contribution is 6.30. The molecule has 0 saturated carbocycles. The average Bonchev–Trinajstić information content (AvgIpc) is 3.17. The summed E-state index contributed by atoms with van der Waals surface area (Å²) in [4.78, 5) is 33.7. The van der Waals surface area contributed by atoms with Crippen molar-refractivity contribution < 1.29 is 9.59 Å². The Balaban J connectivity index is 1.67. The van der Waals surface area contributed by atoms with Gasteiger partial charge in [0.2, 0.25) is 0 Å². The molecule has 1 unspecified atom stereocenters. The number of imidazole rings is 1. The Morgan fingerprint density at radius 2 is 1.66 bits per heavy atom. The van der Waals surface area contributed by atoms with Gasteiger partial charge in [-0.1, -0.05) is 53.6 Å². The van der Waals surface area contributed by atoms with Crippen LogP contribution < -0.4 is 0 Å². The van der Waals surface area contributed by atoms with Crippen molar-refractivity contribution in [3.05, 3.63) is 100 Å². The molecule has 1 aromatic heterocycles. The molecule has 0 bridgehead atoms. The molecule has 5 heteroatoms. The van der Waals surface area contributed by atoms with Gasteiger partial charge in [-0.3, -0.25) is 9.59 Å². The topological polar surface area (TPSA) is 62.8 Å². The summed E-state index contributed by atoms with van der Waals surface area (Å²) in [6.45, 7) is 1.99. The van der Waals surface area contributed by atoms with Crippen molar-refractivity contribution in [2.45, 2.75) is 19.3 Å². The Morgan fingerprint density at radius 3 is 2.34 bits per heavy atom. The van der Waals surface area contributed by atoms with E-state index in [0.717, 1.165) is 22.2 Å². The van der Waals surface area contributed by atoms with E-state index in [1.165, 1.54) is 0 Å². The van der Waals surface area contributed by atoms with Crippen LogP contribution >= 0.6 is 11.6 Å². The van der Waals surface area contributed by atoms with E-state index in [1.807, 2.05) is 55.5 Å². The number of para-hydroxylation sites is 2. The number of aryl methyl sites for hydroxylation is 1. The lowest BCUT2D eigenvalue weighted by molar-refractivity contribution is 0.0889. The largest absolute Gasteiger partial charge is 0.335 e. The fraction of sp³-hybridized carbons (Fsp3) is 0.125. The number of carbonyl (C=O) groups excluding carboxylic acids is 2. The number of nitrogens with zero attached hydrogens (tertiary/aromatic N) is 1. The van der Waals surface area contributed by atoms with Gasteiger partial charge in [0, 0.05) is 17.0 Å². The molecule has 0 aliphatic heterocycles. The van der Waals surface area contributed by atoms with Crippen LogP contribution in [0.2, 0.25) is 5.02 Å². The minimum atomic E-state index is -0.600. The number of ketones is 2. The zero-order chi connectivity index (χ0) is 20.4. The molecule has 1 N–H and O–H groups in total. The first kappa shape index (κ1) is 19.1. The summed E-state index contributed by atoms with van der Waals surface area (Å²) in [5.74, 6) is -0.645. The van der Waals surface area contributed by atoms with Crippen LogP contribution in [0.25, 0.3) is 11.0 Å². The van der Waals surface area contributed by atoms with E-state index in [1.54, 1.807) is 24.3 Å². The van der Waals surface area contributed by atoms with E-state index in [4.69, 9.17) is 11.6 Å². The molecule has 29 heavy (non-hydrogen) atoms. The molecule has 4 nitrogen and oxygen atoms in total. The lowest BCUT2D eigenvalue weighted by Crippen LogP contribution is -2.18. The van der Waals surface area contributed by atoms with Gasteiger partial charge in [0.25, 0.3) is 0 Å². The van der Waals surface area contributed by atoms with Gasteiger partial charge in [0.05, 0.1) is 17.0 Å². The van der Waals surface area contributed by atoms with Crippen molar-refractivity contribution in [2.24, 2.45) is 0 Å². The third-order valence-corrected chi connectivity index (χ3v) is 5.22. The molecule has 0 aliphatic rings. The van der Waals surface area contributed by atoms with Crippen LogP contribution in [-0.2, 0) is 0 Å². The first-order valence-electron chi connectivity index (χ1n) is 9.35. The zero-order valence-corrected chi connectivity index (χ0v) is 16.6. The van der Waals surface area contributed by atoms with Gasteiger partial charge in [-0.25, -0.2) is 4.98 Å². The Hall–Kier alpha value is -3.24. The second kappa shape index (κ2) is 8.02. The van der Waals surface area contributed by atoms with Crippen LogP contribution in [0.5, 0.6) is 0 Å². The number of fused-ring (bicyclic) bond motifs is 1. The lowest BCUT2D eigenvalue weighted by Gasteiger charge is -2.16. The van der Waals surface area contributed by atoms with Crippen molar-refractivity contribution in [1.29, 1.82) is 0 Å². The standard InChI is InChI=1S/C24H19ClN2O2/c1-15-6-8-16(9-7-15)19(23(29)17-10-12-18(25)13-11-17)14-22(28)24-26-20-4-2-3-5-21(20)27-24/h2-13,19H,14H2,1H3,(H,26,27). The van der Waals surface area contributed by atoms with Gasteiger partial charge >= 0.3 is 0 Å². The number of hydrogen-bond donors (Lipinski definition) is 1. The highest BCUT2D eigenvalue weighted by Crippen LogP contribution is 2.27. The molecule has 0 aliphatic carbocycles. The third-order valence-electron chi connectivity index (χ3n) is 4.97. The number of hydrogen-bond acceptors (Lipinski definition) is 3. The first-order chi connectivity index (χ1) is 14.0. The number of nitrogens with one attached hydrogen (secondary N) is 1. The molecule has 1 heterocycles. The third kappa shape index (κ3) is 4.13. The smallest absolute Gasteiger partial charge is 0.199 e. The van der Waals surface area contributed by atoms with E-state index in [0.29, 0.717) is 10.6 Å². The van der Waals surface area contributed by atoms with Crippen LogP contribution in [0.1, 0.15) is 44.4 Å². The maximum absolute atomic E-state index is 13.3. The van der Waals surface area contributed by atoms with Crippen LogP contribution in [-0.4, -0.2) is 21.5 Å². The highest BCUT2D eigenvalue weighted by Gasteiger charge is 2.26. The molecule has 0 fully saturated rings. The second-order valence-electron chi connectivity index (χ2n) is 7.06. The Kier molecular flexibility index (Phi) is 5.28. The van der Waals surface area contributed by atoms with Gasteiger partial charge in [-0.2, -0.15) is 0 Å². The molecule has 1 atom stereocenters. The molecule has 4 rings (SSSR count). The molecule has 0 saturated heterocycles. The fourth-order valence-corrected chi connectivity index (χ4v) is 3.47. The summed E-state index contributed by atoms with van der Waals surface area (Å²) in [6, 6.07) is 21.9. The van der Waals surface area contributed by atoms with Gasteiger partial charge in [0.15, 0.2) is 17.4 Å². The van der Waals surface area contributed by atoms with Gasteiger partial charge in [-0.05, 0) is 48.9 Å². The van der Waals surface area contributed by atoms with E-state index in [-0.39, 0.29) is 23.8 Å². The van der Waals surface area contributed by atoms with Gasteiger partial charge in [-0.15, -0.1) is 0 Å². The predicted octanol–water partition coefficient (Wildman–Crippen LogP) is 5.76. The van der Waals surface area contributed by atoms with Crippen molar-refractivity contribution in [2.75, 3.05) is 0 Å². The van der Waals surface area contributed by atoms with Crippen molar-refractivity contribution in [3.8, 4) is 0 Å². The molecule has 0 spiro atoms. The molecule has 0 amide bonds. The number of H-pyrrole nitrogens is 1. The monoisotopic (exact) mass is 402 g/mol. The zero-order valence-electron chi connectivity index (χ0n) is 15.9. The molecular weight excluding hydrogens is 384 g/mol. The minimum Gasteiger partial charge on any atom is -0.335 e. The Bertz CT molecular complexity index is 1140. The normalized spacial score (nSPS) is 12.1. The second-order valence-corrected chi connectivity index (χ2v) is 7.50. The fourth-order valence-electron chi connectivity index (χ4n) is 3.34. The quantitative estimate of drug-likeness (QED) is 0.417. The van der Waals surface area contributed by atoms with E-state index in [2.05, 4.69) is 9.97 Å². The molecule has 3 aromatic carbocycles. The number of aromatic nitrogens is 2. The van der Waals surface area contributed by atoms with E-state index in [9.17, 15) is 9.59 Å². The SMILES string of the molecule is Cc1ccc(C(CC(=O)c2nc3ccccc3[nH]2)C(=O)c2ccc(Cl)cc2)cc1. The van der Waals surface area contributed by atoms with Crippen LogP contribution in [0.15, 0.2) is 72.8 Å². The summed E-state index contributed by atoms with van der Waals surface area (Å²) < 4.78 is 0. The predicted molar refractivity (Wildman–Crippen MR) is 115 cm³/mol. The average molecular weight is 403 g/mol. The highest BCUT2D eigenvalue weighted by atomic mass is 35.5. The minimum absolute atomic E-state index is 0.0321. The molecule has 4 aromatic rings. The summed E-state index contributed by atoms with van der Waals surface area (Å²) in [5, 5.41) is 0.562. The Morgan fingerprint density at radius 1 is 0.966 bits per heavy atom. The van der Waals surface area contributed by atoms with E-state index < -0.39 is 5.92 Å². The van der Waals surface area contributed by atoms with Crippen molar-refractivity contribution >= 4 is 34.2 Å². The van der Waals surface area contributed by atoms with E-state index >= 15 is 0 Å². The van der Waals surface area contributed by atoms with Crippen LogP contribution in [0.4, 0.5) is 0 Å². The van der Waals surface area contributed by atoms with Gasteiger partial charge < -0.3 is 4.98 Å². The Labute approximate surface area is 173 Å². The molecule has 144 valence electrons. The number of halogens is 1. The number of rotatable bonds is 6. The molecule has 0 radical (unpaired) electrons. The molecular formula is C24H19ClN2O2. The van der Waals surface area contributed by atoms with Crippen molar-refractivity contribution in [3.63, 3.8) is 0 Å². The maximum Gasteiger partial charge on any atom is 0.199 e. The van der Waals surface area contributed by atoms with Crippen LogP contribution in [0.3, 0.4) is 0 Å². The lowest BCUT2D eigenvalue weighted by atomic mass is 9.86. The van der Waals surface area contributed by atoms with Crippen molar-refractivity contribution in [1.82, 2.24) is 9.97 Å².